The van der Waals surface area contributed by atoms with Gasteiger partial charge in [-0.25, -0.2) is 9.37 Å². The largest absolute Gasteiger partial charge is 0.440 e. The lowest BCUT2D eigenvalue weighted by Crippen LogP contribution is -1.99. The Morgan fingerprint density at radius 3 is 2.30 bits per heavy atom. The molecule has 4 heteroatoms. The van der Waals surface area contributed by atoms with Gasteiger partial charge >= 0.3 is 0 Å². The van der Waals surface area contributed by atoms with Gasteiger partial charge < -0.3 is 10.2 Å². The molecule has 1 fully saturated rings. The number of benzene rings is 1. The van der Waals surface area contributed by atoms with Crippen LogP contribution in [0.5, 0.6) is 0 Å². The minimum absolute atomic E-state index is 0.172. The van der Waals surface area contributed by atoms with Crippen molar-refractivity contribution < 1.29 is 8.81 Å². The lowest BCUT2D eigenvalue weighted by molar-refractivity contribution is 0.499. The van der Waals surface area contributed by atoms with Gasteiger partial charge in [0.05, 0.1) is 0 Å². The van der Waals surface area contributed by atoms with E-state index in [9.17, 15) is 4.39 Å². The quantitative estimate of drug-likeness (QED) is 0.880. The molecule has 2 N–H and O–H groups in total. The first-order valence-corrected chi connectivity index (χ1v) is 7.40. The number of aromatic nitrogens is 1. The van der Waals surface area contributed by atoms with Crippen LogP contribution in [0.3, 0.4) is 0 Å². The maximum absolute atomic E-state index is 13.4. The monoisotopic (exact) mass is 278 g/mol. The first-order valence-electron chi connectivity index (χ1n) is 7.40. The fraction of sp³-hybridized carbons (Fsp3) is 0.562. The van der Waals surface area contributed by atoms with Crippen LogP contribution in [0.4, 0.5) is 4.39 Å². The Labute approximate surface area is 119 Å². The van der Waals surface area contributed by atoms with Crippen LogP contribution in [0.1, 0.15) is 63.3 Å². The van der Waals surface area contributed by atoms with E-state index < -0.39 is 0 Å². The number of halogens is 1. The van der Waals surface area contributed by atoms with Crippen LogP contribution < -0.4 is 5.73 Å². The summed E-state index contributed by atoms with van der Waals surface area (Å²) in [5, 5.41) is 0. The van der Waals surface area contributed by atoms with Crippen molar-refractivity contribution >= 4 is 11.1 Å². The maximum atomic E-state index is 13.4. The second-order valence-electron chi connectivity index (χ2n) is 5.59. The van der Waals surface area contributed by atoms with Gasteiger partial charge in [-0.15, -0.1) is 0 Å². The van der Waals surface area contributed by atoms with Crippen LogP contribution in [-0.4, -0.2) is 4.98 Å². The van der Waals surface area contributed by atoms with Gasteiger partial charge in [-0.2, -0.15) is 0 Å². The zero-order chi connectivity index (χ0) is 14.5. The van der Waals surface area contributed by atoms with Crippen LogP contribution in [-0.2, 0) is 6.54 Å². The van der Waals surface area contributed by atoms with E-state index in [1.165, 1.54) is 38.2 Å². The fourth-order valence-electron chi connectivity index (χ4n) is 2.30. The Bertz CT molecular complexity index is 551. The number of fused-ring (bicyclic) bond motifs is 1. The average Bonchev–Trinajstić information content (AvgIpc) is 3.09. The molecule has 1 aromatic heterocycles. The summed E-state index contributed by atoms with van der Waals surface area (Å²) >= 11 is 0. The molecule has 1 aliphatic carbocycles. The SMILES string of the molecule is C1CCCC1.CC(C)c1nc2cc(CN)c(F)cc2o1. The molecule has 20 heavy (non-hydrogen) atoms. The van der Waals surface area contributed by atoms with E-state index in [-0.39, 0.29) is 18.3 Å². The summed E-state index contributed by atoms with van der Waals surface area (Å²) in [6, 6.07) is 2.98. The molecule has 0 saturated heterocycles. The second kappa shape index (κ2) is 6.84. The zero-order valence-electron chi connectivity index (χ0n) is 12.3. The number of rotatable bonds is 2. The molecule has 1 saturated carbocycles. The van der Waals surface area contributed by atoms with Gasteiger partial charge in [0.25, 0.3) is 0 Å². The predicted octanol–water partition coefficient (Wildman–Crippen LogP) is 4.50. The van der Waals surface area contributed by atoms with Gasteiger partial charge in [-0.05, 0) is 6.07 Å². The molecule has 0 amide bonds. The summed E-state index contributed by atoms with van der Waals surface area (Å²) in [5.74, 6) is 0.483. The van der Waals surface area contributed by atoms with E-state index in [4.69, 9.17) is 10.2 Å². The van der Waals surface area contributed by atoms with E-state index >= 15 is 0 Å². The van der Waals surface area contributed by atoms with E-state index in [1.54, 1.807) is 6.07 Å². The molecule has 3 rings (SSSR count). The zero-order valence-corrected chi connectivity index (χ0v) is 12.3. The highest BCUT2D eigenvalue weighted by Crippen LogP contribution is 2.23. The first kappa shape index (κ1) is 15.0. The Morgan fingerprint density at radius 2 is 1.80 bits per heavy atom. The van der Waals surface area contributed by atoms with Crippen LogP contribution in [0.2, 0.25) is 0 Å². The van der Waals surface area contributed by atoms with Crippen molar-refractivity contribution in [3.8, 4) is 0 Å². The lowest BCUT2D eigenvalue weighted by Gasteiger charge is -1.96. The molecule has 110 valence electrons. The molecule has 0 aliphatic heterocycles. The Hall–Kier alpha value is -1.42. The van der Waals surface area contributed by atoms with E-state index in [1.807, 2.05) is 13.8 Å². The first-order chi connectivity index (χ1) is 9.61. The number of oxazole rings is 1. The van der Waals surface area contributed by atoms with Gasteiger partial charge in [0.2, 0.25) is 0 Å². The summed E-state index contributed by atoms with van der Waals surface area (Å²) < 4.78 is 18.8. The van der Waals surface area contributed by atoms with Gasteiger partial charge in [0.15, 0.2) is 11.5 Å². The van der Waals surface area contributed by atoms with Gasteiger partial charge in [0, 0.05) is 24.1 Å². The molecule has 2 aromatic rings. The molecule has 0 unspecified atom stereocenters. The van der Waals surface area contributed by atoms with Crippen molar-refractivity contribution in [2.24, 2.45) is 5.73 Å². The van der Waals surface area contributed by atoms with Crippen molar-refractivity contribution in [1.29, 1.82) is 0 Å². The van der Waals surface area contributed by atoms with Crippen molar-refractivity contribution in [2.45, 2.75) is 58.4 Å². The van der Waals surface area contributed by atoms with Gasteiger partial charge in [-0.1, -0.05) is 46.0 Å². The van der Waals surface area contributed by atoms with Gasteiger partial charge in [0.1, 0.15) is 11.3 Å². The molecule has 1 aromatic carbocycles. The summed E-state index contributed by atoms with van der Waals surface area (Å²) in [7, 11) is 0. The molecule has 1 aliphatic rings. The highest BCUT2D eigenvalue weighted by molar-refractivity contribution is 5.73. The third-order valence-corrected chi connectivity index (χ3v) is 3.54. The third-order valence-electron chi connectivity index (χ3n) is 3.54. The molecular weight excluding hydrogens is 255 g/mol. The Kier molecular flexibility index (Phi) is 5.12. The topological polar surface area (TPSA) is 52.0 Å². The van der Waals surface area contributed by atoms with E-state index in [0.29, 0.717) is 22.6 Å². The molecule has 0 atom stereocenters. The fourth-order valence-corrected chi connectivity index (χ4v) is 2.30. The summed E-state index contributed by atoms with van der Waals surface area (Å²) in [5.41, 5.74) is 7.02. The van der Waals surface area contributed by atoms with Crippen LogP contribution in [0, 0.1) is 5.82 Å². The Morgan fingerprint density at radius 1 is 1.20 bits per heavy atom. The Balaban J connectivity index is 0.000000247. The van der Waals surface area contributed by atoms with Gasteiger partial charge in [-0.3, -0.25) is 0 Å². The molecule has 1 heterocycles. The van der Waals surface area contributed by atoms with Crippen LogP contribution >= 0.6 is 0 Å². The minimum atomic E-state index is -0.337. The average molecular weight is 278 g/mol. The van der Waals surface area contributed by atoms with E-state index in [2.05, 4.69) is 4.98 Å². The van der Waals surface area contributed by atoms with Crippen LogP contribution in [0.15, 0.2) is 16.5 Å². The third kappa shape index (κ3) is 3.57. The second-order valence-corrected chi connectivity index (χ2v) is 5.59. The number of hydrogen-bond donors (Lipinski definition) is 1. The van der Waals surface area contributed by atoms with Crippen LogP contribution in [0.25, 0.3) is 11.1 Å². The molecule has 0 spiro atoms. The molecule has 3 nitrogen and oxygen atoms in total. The highest BCUT2D eigenvalue weighted by Gasteiger charge is 2.12. The summed E-state index contributed by atoms with van der Waals surface area (Å²) in [6.07, 6.45) is 7.50. The van der Waals surface area contributed by atoms with Crippen molar-refractivity contribution in [1.82, 2.24) is 4.98 Å². The van der Waals surface area contributed by atoms with E-state index in [0.717, 1.165) is 0 Å². The van der Waals surface area contributed by atoms with Crippen molar-refractivity contribution in [3.05, 3.63) is 29.4 Å². The summed E-state index contributed by atoms with van der Waals surface area (Å²) in [4.78, 5) is 4.27. The smallest absolute Gasteiger partial charge is 0.198 e. The standard InChI is InChI=1S/C11H13FN2O.C5H10/c1-6(2)11-14-9-3-7(5-13)8(12)4-10(9)15-11;1-2-4-5-3-1/h3-4,6H,5,13H2,1-2H3;1-5H2. The number of nitrogens with zero attached hydrogens (tertiary/aromatic N) is 1. The predicted molar refractivity (Wildman–Crippen MR) is 79.0 cm³/mol. The summed E-state index contributed by atoms with van der Waals surface area (Å²) in [6.45, 7) is 4.13. The highest BCUT2D eigenvalue weighted by atomic mass is 19.1. The molecular formula is C16H23FN2O. The number of hydrogen-bond acceptors (Lipinski definition) is 3. The lowest BCUT2D eigenvalue weighted by atomic mass is 10.2. The van der Waals surface area contributed by atoms with Crippen molar-refractivity contribution in [3.63, 3.8) is 0 Å². The maximum Gasteiger partial charge on any atom is 0.198 e. The normalized spacial score (nSPS) is 14.7. The molecule has 0 radical (unpaired) electrons. The minimum Gasteiger partial charge on any atom is -0.440 e. The molecule has 0 bridgehead atoms. The van der Waals surface area contributed by atoms with Crippen molar-refractivity contribution in [2.75, 3.05) is 0 Å². The number of nitrogens with two attached hydrogens (primary N) is 1.